The Labute approximate surface area is 412 Å². The van der Waals surface area contributed by atoms with Crippen LogP contribution in [0.2, 0.25) is 0 Å². The third kappa shape index (κ3) is 16.6. The molecule has 0 amide bonds. The third-order valence-electron chi connectivity index (χ3n) is 13.8. The molecule has 70 heavy (non-hydrogen) atoms. The Kier molecular flexibility index (Phi) is 24.6. The zero-order chi connectivity index (χ0) is 52.9. The monoisotopic (exact) mass is 1010 g/mol. The van der Waals surface area contributed by atoms with Crippen LogP contribution in [0.15, 0.2) is 23.8 Å². The molecule has 0 aromatic carbocycles. The number of carboxylic acid groups (broad SMARTS) is 1. The smallest absolute Gasteiger partial charge is 0.332 e. The normalized spacial score (nSPS) is 43.2. The zero-order valence-corrected chi connectivity index (χ0v) is 43.1. The number of esters is 1. The number of hydrogen-bond acceptors (Lipinski definition) is 20. The predicted molar refractivity (Wildman–Crippen MR) is 250 cm³/mol. The number of aliphatic hydroxyl groups excluding tert-OH is 5. The molecule has 0 aromatic rings. The second kappa shape index (κ2) is 28.0. The molecular weight excluding hydrogens is 923 g/mol. The van der Waals surface area contributed by atoms with Crippen LogP contribution in [0.4, 0.5) is 0 Å². The molecule has 0 aliphatic carbocycles. The van der Waals surface area contributed by atoms with Gasteiger partial charge < -0.3 is 88.1 Å². The molecule has 21 heteroatoms. The van der Waals surface area contributed by atoms with Crippen LogP contribution in [0.25, 0.3) is 0 Å². The molecule has 22 atom stereocenters. The lowest BCUT2D eigenvalue weighted by Crippen LogP contribution is -2.65. The van der Waals surface area contributed by atoms with E-state index >= 15 is 0 Å². The molecule has 3 saturated heterocycles. The predicted octanol–water partition coefficient (Wildman–Crippen LogP) is 1.29. The van der Waals surface area contributed by atoms with E-state index in [2.05, 4.69) is 0 Å². The minimum Gasteiger partial charge on any atom is -0.479 e. The van der Waals surface area contributed by atoms with Crippen molar-refractivity contribution in [3.63, 3.8) is 0 Å². The lowest BCUT2D eigenvalue weighted by Gasteiger charge is -2.50. The highest BCUT2D eigenvalue weighted by Crippen LogP contribution is 2.37. The molecular formula is C49H83NO20. The number of ether oxygens (including phenoxy) is 9. The minimum atomic E-state index is -1.49. The van der Waals surface area contributed by atoms with E-state index in [1.54, 1.807) is 59.7 Å². The first-order chi connectivity index (χ1) is 32.7. The molecule has 0 saturated carbocycles. The van der Waals surface area contributed by atoms with Crippen molar-refractivity contribution < 1.29 is 97.6 Å². The summed E-state index contributed by atoms with van der Waals surface area (Å²) in [5.41, 5.74) is -0.806. The molecule has 21 nitrogen and oxygen atoms in total. The summed E-state index contributed by atoms with van der Waals surface area (Å²) in [7, 11) is 6.43. The van der Waals surface area contributed by atoms with E-state index in [-0.39, 0.29) is 31.7 Å². The van der Waals surface area contributed by atoms with E-state index in [1.165, 1.54) is 34.1 Å². The maximum absolute atomic E-state index is 13.8. The highest BCUT2D eigenvalue weighted by Gasteiger charge is 2.52. The molecule has 4 heterocycles. The fourth-order valence-corrected chi connectivity index (χ4v) is 9.51. The number of cyclic esters (lactones) is 1. The van der Waals surface area contributed by atoms with Gasteiger partial charge in [0.1, 0.15) is 55.1 Å². The zero-order valence-electron chi connectivity index (χ0n) is 43.1. The molecule has 4 rings (SSSR count). The Balaban J connectivity index is 0.00000202. The maximum Gasteiger partial charge on any atom is 0.332 e. The van der Waals surface area contributed by atoms with Crippen LogP contribution in [0.5, 0.6) is 0 Å². The molecule has 0 bridgehead atoms. The van der Waals surface area contributed by atoms with Crippen LogP contribution < -0.4 is 0 Å². The van der Waals surface area contributed by atoms with Crippen molar-refractivity contribution in [1.29, 1.82) is 0 Å². The lowest BCUT2D eigenvalue weighted by molar-refractivity contribution is -0.341. The minimum absolute atomic E-state index is 0.00788. The average Bonchev–Trinajstić information content (AvgIpc) is 3.28. The Morgan fingerprint density at radius 2 is 1.51 bits per heavy atom. The van der Waals surface area contributed by atoms with Gasteiger partial charge in [-0.1, -0.05) is 38.5 Å². The van der Waals surface area contributed by atoms with Crippen LogP contribution in [0.3, 0.4) is 0 Å². The second-order valence-electron chi connectivity index (χ2n) is 19.8. The van der Waals surface area contributed by atoms with Crippen molar-refractivity contribution in [3.05, 3.63) is 23.8 Å². The van der Waals surface area contributed by atoms with Gasteiger partial charge in [-0.3, -0.25) is 9.59 Å². The highest BCUT2D eigenvalue weighted by molar-refractivity contribution is 5.91. The topological polar surface area (TPSA) is 296 Å². The van der Waals surface area contributed by atoms with E-state index in [1.807, 2.05) is 19.9 Å². The number of methoxy groups -OCH3 is 2. The number of carbonyl (C=O) groups is 4. The number of likely N-dealkylation sites (N-methyl/N-ethyl adjacent to an activating group) is 1. The number of carbonyl (C=O) groups excluding carboxylic acids is 3. The first-order valence-electron chi connectivity index (χ1n) is 24.2. The summed E-state index contributed by atoms with van der Waals surface area (Å²) in [5.74, 6) is -4.77. The number of aldehydes is 1. The number of nitrogens with zero attached hydrogens (tertiary/aromatic N) is 1. The number of rotatable bonds is 14. The summed E-state index contributed by atoms with van der Waals surface area (Å²) >= 11 is 0. The van der Waals surface area contributed by atoms with Gasteiger partial charge in [0.2, 0.25) is 0 Å². The van der Waals surface area contributed by atoms with E-state index < -0.39 is 152 Å². The summed E-state index contributed by atoms with van der Waals surface area (Å²) in [5, 5.41) is 71.5. The van der Waals surface area contributed by atoms with Crippen LogP contribution in [-0.2, 0) is 61.8 Å². The largest absolute Gasteiger partial charge is 0.479 e. The van der Waals surface area contributed by atoms with E-state index in [0.717, 1.165) is 6.29 Å². The molecule has 404 valence electrons. The number of allylic oxidation sites excluding steroid dienone is 3. The summed E-state index contributed by atoms with van der Waals surface area (Å²) in [4.78, 5) is 51.0. The number of ketones is 1. The summed E-state index contributed by atoms with van der Waals surface area (Å²) < 4.78 is 54.7. The fraction of sp³-hybridized carbons (Fsp3) is 0.837. The molecule has 4 aliphatic rings. The Morgan fingerprint density at radius 1 is 0.900 bits per heavy atom. The van der Waals surface area contributed by atoms with Crippen LogP contribution >= 0.6 is 0 Å². The van der Waals surface area contributed by atoms with E-state index in [9.17, 15) is 44.7 Å². The maximum atomic E-state index is 13.8. The van der Waals surface area contributed by atoms with Gasteiger partial charge in [-0.2, -0.15) is 0 Å². The summed E-state index contributed by atoms with van der Waals surface area (Å²) in [6, 6.07) is -0.748. The van der Waals surface area contributed by atoms with Crippen LogP contribution in [-0.4, -0.2) is 209 Å². The number of hydrogen-bond donors (Lipinski definition) is 7. The van der Waals surface area contributed by atoms with Gasteiger partial charge >= 0.3 is 11.9 Å². The van der Waals surface area contributed by atoms with Crippen molar-refractivity contribution in [3.8, 4) is 0 Å². The van der Waals surface area contributed by atoms with E-state index in [0.29, 0.717) is 12.0 Å². The van der Waals surface area contributed by atoms with Crippen molar-refractivity contribution in [2.45, 2.75) is 204 Å². The quantitative estimate of drug-likeness (QED) is 0.0953. The molecule has 7 N–H and O–H groups in total. The van der Waals surface area contributed by atoms with Gasteiger partial charge in [0, 0.05) is 44.8 Å². The van der Waals surface area contributed by atoms with Crippen LogP contribution in [0.1, 0.15) is 94.4 Å². The average molecular weight is 1010 g/mol. The van der Waals surface area contributed by atoms with Crippen molar-refractivity contribution in [2.75, 3.05) is 34.9 Å². The summed E-state index contributed by atoms with van der Waals surface area (Å²) in [6.07, 6.45) is -9.72. The first kappa shape index (κ1) is 61.5. The summed E-state index contributed by atoms with van der Waals surface area (Å²) in [6.45, 7) is 14.8. The lowest BCUT2D eigenvalue weighted by atomic mass is 9.79. The molecule has 0 radical (unpaired) electrons. The third-order valence-corrected chi connectivity index (χ3v) is 13.8. The van der Waals surface area contributed by atoms with Crippen LogP contribution in [0, 0.1) is 23.7 Å². The Bertz CT molecular complexity index is 1710. The number of aliphatic hydroxyl groups is 6. The Hall–Kier alpha value is -2.84. The van der Waals surface area contributed by atoms with Crippen molar-refractivity contribution in [1.82, 2.24) is 4.90 Å². The number of carboxylic acids is 1. The standard InChI is InChI=1S/C46H77NO17.C3H6O3/c1-13-33-30(22-58-45-42(57-12)41(56-11)37(52)26(5)60-45)18-23(2)14-15-31(49)24(3)19-29(16-17-48)39(25(4)32(50)20-34(51)62-33)64-44-38(53)36(47(9)10)40(27(6)61-44)63-35-21-46(8,55)43(54)28(7)59-35;1-2(4)3(5)6/h14-15,17-18,24-30,32-33,35-45,50,52-55H,13,16,19-22H2,1-12H3;2,4H,1H3,(H,5,6)/b15-14+,23-18+;/t24-,25+,26-,27-,28+,29+,30?,32-,33-,35+,36-,37-,38-,39-,40-,41-,42-,43+,44-,45-,46-;/m1./s1. The number of aliphatic carboxylic acids is 1. The molecule has 0 aromatic heterocycles. The Morgan fingerprint density at radius 3 is 2.06 bits per heavy atom. The SMILES string of the molecule is CC(O)C(=O)O.CC[C@H]1OC(=O)C[C@@H](O)[C@H](C)[C@@H](O[C@H]2O[C@H](C)[C@@H](O[C@H]3C[C@@](C)(O)[C@@H](O)[C@H](C)O3)[C@H](N(C)C)[C@H]2O)[C@@H](CC=O)C[C@@H](C)C(=O)/C=C/C(C)=C/C1CO[C@@H]1O[C@H](C)[C@@H](O)[C@@H](OC)[C@H]1OC. The van der Waals surface area contributed by atoms with Gasteiger partial charge in [-0.15, -0.1) is 0 Å². The van der Waals surface area contributed by atoms with Gasteiger partial charge in [0.25, 0.3) is 0 Å². The van der Waals surface area contributed by atoms with Gasteiger partial charge in [-0.25, -0.2) is 4.79 Å². The first-order valence-corrected chi connectivity index (χ1v) is 24.2. The molecule has 2 unspecified atom stereocenters. The molecule has 0 spiro atoms. The van der Waals surface area contributed by atoms with Gasteiger partial charge in [0.05, 0.1) is 55.2 Å². The molecule has 3 fully saturated rings. The fourth-order valence-electron chi connectivity index (χ4n) is 9.51. The van der Waals surface area contributed by atoms with Crippen molar-refractivity contribution in [2.24, 2.45) is 23.7 Å². The van der Waals surface area contributed by atoms with E-state index in [4.69, 9.17) is 52.8 Å². The van der Waals surface area contributed by atoms with Gasteiger partial charge in [0.15, 0.2) is 24.7 Å². The van der Waals surface area contributed by atoms with Gasteiger partial charge in [-0.05, 0) is 80.5 Å². The molecule has 4 aliphatic heterocycles. The van der Waals surface area contributed by atoms with Crippen molar-refractivity contribution >= 4 is 24.0 Å². The highest BCUT2D eigenvalue weighted by atomic mass is 16.7. The second-order valence-corrected chi connectivity index (χ2v) is 19.8.